The van der Waals surface area contributed by atoms with E-state index in [4.69, 9.17) is 22.1 Å². The molecule has 1 aromatic heterocycles. The molecule has 0 atom stereocenters. The second-order valence-corrected chi connectivity index (χ2v) is 7.46. The average molecular weight is 427 g/mol. The highest BCUT2D eigenvalue weighted by Crippen LogP contribution is 2.33. The highest BCUT2D eigenvalue weighted by atomic mass is 79.9. The quantitative estimate of drug-likeness (QED) is 0.638. The van der Waals surface area contributed by atoms with Crippen LogP contribution in [-0.4, -0.2) is 17.5 Å². The lowest BCUT2D eigenvalue weighted by Gasteiger charge is -2.10. The minimum atomic E-state index is -0.256. The molecule has 8 heteroatoms. The van der Waals surface area contributed by atoms with E-state index in [2.05, 4.69) is 26.2 Å². The minimum absolute atomic E-state index is 0.0943. The van der Waals surface area contributed by atoms with Gasteiger partial charge in [-0.15, -0.1) is 0 Å². The van der Waals surface area contributed by atoms with E-state index in [9.17, 15) is 4.79 Å². The average Bonchev–Trinajstić information content (AvgIpc) is 2.87. The number of hydrogen-bond acceptors (Lipinski definition) is 5. The first-order valence-electron chi connectivity index (χ1n) is 6.97. The van der Waals surface area contributed by atoms with E-state index in [1.807, 2.05) is 13.0 Å². The van der Waals surface area contributed by atoms with Gasteiger partial charge in [0.25, 0.3) is 5.91 Å². The van der Waals surface area contributed by atoms with Gasteiger partial charge in [0.2, 0.25) is 0 Å². The molecule has 3 rings (SSSR count). The van der Waals surface area contributed by atoms with Crippen LogP contribution >= 0.6 is 38.9 Å². The lowest BCUT2D eigenvalue weighted by molar-refractivity contribution is -0.118. The van der Waals surface area contributed by atoms with E-state index in [-0.39, 0.29) is 12.5 Å². The van der Waals surface area contributed by atoms with Crippen molar-refractivity contribution < 1.29 is 9.53 Å². The van der Waals surface area contributed by atoms with E-state index < -0.39 is 0 Å². The number of anilines is 2. The van der Waals surface area contributed by atoms with Crippen LogP contribution in [0.2, 0.25) is 5.02 Å². The molecule has 0 saturated heterocycles. The molecule has 0 aliphatic rings. The first kappa shape index (κ1) is 17.0. The number of nitrogens with two attached hydrogens (primary N) is 1. The van der Waals surface area contributed by atoms with E-state index >= 15 is 0 Å². The summed E-state index contributed by atoms with van der Waals surface area (Å²) >= 11 is 10.7. The molecule has 0 radical (unpaired) electrons. The molecule has 0 aliphatic carbocycles. The molecular formula is C16H13BrClN3O2S. The fourth-order valence-electron chi connectivity index (χ4n) is 2.19. The van der Waals surface area contributed by atoms with Crippen molar-refractivity contribution in [1.29, 1.82) is 0 Å². The van der Waals surface area contributed by atoms with Crippen LogP contribution in [0.4, 0.5) is 10.8 Å². The zero-order valence-electron chi connectivity index (χ0n) is 12.6. The maximum Gasteiger partial charge on any atom is 0.262 e. The van der Waals surface area contributed by atoms with Crippen LogP contribution in [0.5, 0.6) is 5.75 Å². The summed E-state index contributed by atoms with van der Waals surface area (Å²) in [7, 11) is 0. The molecule has 3 aromatic rings. The molecular weight excluding hydrogens is 414 g/mol. The summed E-state index contributed by atoms with van der Waals surface area (Å²) in [5.74, 6) is 0.370. The van der Waals surface area contributed by atoms with Gasteiger partial charge >= 0.3 is 0 Å². The van der Waals surface area contributed by atoms with Crippen molar-refractivity contribution in [3.63, 3.8) is 0 Å². The van der Waals surface area contributed by atoms with Gasteiger partial charge in [-0.25, -0.2) is 4.98 Å². The van der Waals surface area contributed by atoms with Crippen molar-refractivity contribution in [2.75, 3.05) is 17.7 Å². The number of nitrogens with zero attached hydrogens (tertiary/aromatic N) is 1. The van der Waals surface area contributed by atoms with Gasteiger partial charge in [-0.05, 0) is 58.7 Å². The van der Waals surface area contributed by atoms with Gasteiger partial charge in [0.15, 0.2) is 11.7 Å². The third-order valence-corrected chi connectivity index (χ3v) is 4.92. The predicted octanol–water partition coefficient (Wildman–Crippen LogP) is 4.62. The van der Waals surface area contributed by atoms with Crippen LogP contribution in [-0.2, 0) is 4.79 Å². The van der Waals surface area contributed by atoms with E-state index in [0.717, 1.165) is 20.3 Å². The summed E-state index contributed by atoms with van der Waals surface area (Å²) in [6.45, 7) is 1.78. The number of amides is 1. The first-order valence-corrected chi connectivity index (χ1v) is 8.95. The maximum atomic E-state index is 12.1. The summed E-state index contributed by atoms with van der Waals surface area (Å²) in [6.07, 6.45) is 0. The molecule has 2 aromatic carbocycles. The van der Waals surface area contributed by atoms with E-state index in [0.29, 0.717) is 21.6 Å². The van der Waals surface area contributed by atoms with Crippen LogP contribution in [0.25, 0.3) is 10.2 Å². The molecule has 0 saturated carbocycles. The van der Waals surface area contributed by atoms with Crippen molar-refractivity contribution in [2.45, 2.75) is 6.92 Å². The maximum absolute atomic E-state index is 12.1. The van der Waals surface area contributed by atoms with Gasteiger partial charge in [-0.3, -0.25) is 4.79 Å². The Labute approximate surface area is 155 Å². The number of hydrogen-bond donors (Lipinski definition) is 2. The Morgan fingerprint density at radius 3 is 2.96 bits per heavy atom. The van der Waals surface area contributed by atoms with Gasteiger partial charge in [0.05, 0.1) is 10.2 Å². The Bertz CT molecular complexity index is 929. The number of aryl methyl sites for hydroxylation is 1. The summed E-state index contributed by atoms with van der Waals surface area (Å²) < 4.78 is 7.21. The predicted molar refractivity (Wildman–Crippen MR) is 102 cm³/mol. The Hall–Kier alpha value is -1.83. The molecule has 0 aliphatic heterocycles. The van der Waals surface area contributed by atoms with Crippen LogP contribution in [0, 0.1) is 6.92 Å². The molecule has 3 N–H and O–H groups in total. The summed E-state index contributed by atoms with van der Waals surface area (Å²) in [5, 5.41) is 3.92. The third kappa shape index (κ3) is 3.80. The lowest BCUT2D eigenvalue weighted by atomic mass is 10.2. The van der Waals surface area contributed by atoms with Gasteiger partial charge < -0.3 is 15.8 Å². The van der Waals surface area contributed by atoms with Crippen LogP contribution in [0.3, 0.4) is 0 Å². The third-order valence-electron chi connectivity index (χ3n) is 3.24. The summed E-state index contributed by atoms with van der Waals surface area (Å²) in [5.41, 5.74) is 8.03. The van der Waals surface area contributed by atoms with Gasteiger partial charge in [-0.1, -0.05) is 22.9 Å². The molecule has 5 nitrogen and oxygen atoms in total. The largest absolute Gasteiger partial charge is 0.483 e. The number of carbonyl (C=O) groups is 1. The van der Waals surface area contributed by atoms with Crippen molar-refractivity contribution in [2.24, 2.45) is 0 Å². The van der Waals surface area contributed by atoms with E-state index in [1.165, 1.54) is 11.3 Å². The van der Waals surface area contributed by atoms with Crippen LogP contribution in [0.1, 0.15) is 5.56 Å². The first-order chi connectivity index (χ1) is 11.4. The summed E-state index contributed by atoms with van der Waals surface area (Å²) in [6, 6.07) is 8.87. The molecule has 1 heterocycles. The Morgan fingerprint density at radius 2 is 2.21 bits per heavy atom. The molecule has 0 bridgehead atoms. The number of ether oxygens (including phenoxy) is 1. The number of fused-ring (bicyclic) bond motifs is 1. The molecule has 124 valence electrons. The van der Waals surface area contributed by atoms with Crippen molar-refractivity contribution >= 4 is 65.8 Å². The zero-order valence-corrected chi connectivity index (χ0v) is 15.8. The Morgan fingerprint density at radius 1 is 1.42 bits per heavy atom. The smallest absolute Gasteiger partial charge is 0.262 e. The monoisotopic (exact) mass is 425 g/mol. The van der Waals surface area contributed by atoms with Crippen molar-refractivity contribution in [3.05, 3.63) is 45.4 Å². The molecule has 24 heavy (non-hydrogen) atoms. The SMILES string of the molecule is Cc1cc(Cl)ccc1OCC(=O)Nc1cc(Br)c2nc(N)sc2c1. The number of carbonyl (C=O) groups excluding carboxylic acids is 1. The second-order valence-electron chi connectivity index (χ2n) is 5.10. The number of aromatic nitrogens is 1. The number of nitrogen functional groups attached to an aromatic ring is 1. The van der Waals surface area contributed by atoms with Crippen molar-refractivity contribution in [1.82, 2.24) is 4.98 Å². The lowest BCUT2D eigenvalue weighted by Crippen LogP contribution is -2.20. The van der Waals surface area contributed by atoms with Crippen LogP contribution in [0.15, 0.2) is 34.8 Å². The standard InChI is InChI=1S/C16H13BrClN3O2S/c1-8-4-9(18)2-3-12(8)23-7-14(22)20-10-5-11(17)15-13(6-10)24-16(19)21-15/h2-6H,7H2,1H3,(H2,19,21)(H,20,22). The Balaban J connectivity index is 1.68. The number of rotatable bonds is 4. The fraction of sp³-hybridized carbons (Fsp3) is 0.125. The van der Waals surface area contributed by atoms with Gasteiger partial charge in [-0.2, -0.15) is 0 Å². The minimum Gasteiger partial charge on any atom is -0.483 e. The number of nitrogens with one attached hydrogen (secondary N) is 1. The Kier molecular flexibility index (Phi) is 4.93. The second kappa shape index (κ2) is 6.96. The zero-order chi connectivity index (χ0) is 17.3. The number of halogens is 2. The number of thiazole rings is 1. The van der Waals surface area contributed by atoms with E-state index in [1.54, 1.807) is 24.3 Å². The summed E-state index contributed by atoms with van der Waals surface area (Å²) in [4.78, 5) is 16.3. The van der Waals surface area contributed by atoms with Crippen molar-refractivity contribution in [3.8, 4) is 5.75 Å². The normalized spacial score (nSPS) is 10.8. The molecule has 0 fully saturated rings. The van der Waals surface area contributed by atoms with Gasteiger partial charge in [0, 0.05) is 15.2 Å². The molecule has 0 unspecified atom stereocenters. The molecule has 0 spiro atoms. The highest BCUT2D eigenvalue weighted by molar-refractivity contribution is 9.10. The highest BCUT2D eigenvalue weighted by Gasteiger charge is 2.10. The van der Waals surface area contributed by atoms with Crippen LogP contribution < -0.4 is 15.8 Å². The van der Waals surface area contributed by atoms with Gasteiger partial charge in [0.1, 0.15) is 5.75 Å². The topological polar surface area (TPSA) is 77.2 Å². The molecule has 1 amide bonds. The fourth-order valence-corrected chi connectivity index (χ4v) is 3.90. The number of benzene rings is 2.